The van der Waals surface area contributed by atoms with Crippen LogP contribution in [0.15, 0.2) is 84.9 Å². The summed E-state index contributed by atoms with van der Waals surface area (Å²) in [7, 11) is 0. The van der Waals surface area contributed by atoms with Crippen LogP contribution >= 0.6 is 22.7 Å². The molecule has 2 amide bonds. The van der Waals surface area contributed by atoms with Crippen molar-refractivity contribution in [2.75, 3.05) is 6.54 Å². The molecule has 0 aliphatic heterocycles. The van der Waals surface area contributed by atoms with Gasteiger partial charge in [0, 0.05) is 33.1 Å². The largest absolute Gasteiger partial charge is 0.350 e. The van der Waals surface area contributed by atoms with Crippen LogP contribution in [0.1, 0.15) is 37.4 Å². The summed E-state index contributed by atoms with van der Waals surface area (Å²) in [4.78, 5) is 40.9. The first-order chi connectivity index (χ1) is 19.9. The van der Waals surface area contributed by atoms with E-state index in [2.05, 4.69) is 36.6 Å². The van der Waals surface area contributed by atoms with Crippen LogP contribution in [0, 0.1) is 13.8 Å². The molecule has 41 heavy (non-hydrogen) atoms. The Labute approximate surface area is 246 Å². The lowest BCUT2D eigenvalue weighted by atomic mass is 10.1. The number of aromatic nitrogens is 2. The second-order valence-corrected chi connectivity index (χ2v) is 12.6. The lowest BCUT2D eigenvalue weighted by Gasteiger charge is -2.17. The van der Waals surface area contributed by atoms with Gasteiger partial charge in [-0.3, -0.25) is 9.59 Å². The topological polar surface area (TPSA) is 84.0 Å². The Bertz CT molecular complexity index is 1920. The van der Waals surface area contributed by atoms with Crippen LogP contribution in [0.5, 0.6) is 0 Å². The van der Waals surface area contributed by atoms with Crippen LogP contribution in [-0.2, 0) is 0 Å². The van der Waals surface area contributed by atoms with E-state index in [1.54, 1.807) is 22.7 Å². The van der Waals surface area contributed by atoms with Gasteiger partial charge in [-0.2, -0.15) is 0 Å². The average Bonchev–Trinajstić information content (AvgIpc) is 3.62. The van der Waals surface area contributed by atoms with Crippen molar-refractivity contribution in [3.8, 4) is 21.1 Å². The molecular weight excluding hydrogens is 549 g/mol. The number of benzene rings is 2. The van der Waals surface area contributed by atoms with Crippen molar-refractivity contribution >= 4 is 56.3 Å². The quantitative estimate of drug-likeness (QED) is 0.207. The molecule has 0 bridgehead atoms. The fraction of sp³-hybridized carbons (Fsp3) is 0.152. The van der Waals surface area contributed by atoms with Crippen molar-refractivity contribution < 1.29 is 9.59 Å². The van der Waals surface area contributed by atoms with Crippen molar-refractivity contribution in [1.29, 1.82) is 0 Å². The summed E-state index contributed by atoms with van der Waals surface area (Å²) in [5.74, 6) is -0.409. The summed E-state index contributed by atoms with van der Waals surface area (Å²) in [5, 5.41) is 7.67. The van der Waals surface area contributed by atoms with Crippen LogP contribution in [0.2, 0.25) is 0 Å². The minimum atomic E-state index is -0.307. The summed E-state index contributed by atoms with van der Waals surface area (Å²) < 4.78 is 0. The Balaban J connectivity index is 1.21. The highest BCUT2D eigenvalue weighted by Crippen LogP contribution is 2.31. The lowest BCUT2D eigenvalue weighted by molar-refractivity contribution is 0.0914. The van der Waals surface area contributed by atoms with Gasteiger partial charge in [0.2, 0.25) is 0 Å². The normalized spacial score (nSPS) is 12.0. The third-order valence-electron chi connectivity index (χ3n) is 6.85. The Kier molecular flexibility index (Phi) is 7.34. The van der Waals surface area contributed by atoms with Gasteiger partial charge in [0.25, 0.3) is 11.8 Å². The molecule has 0 saturated heterocycles. The molecule has 0 radical (unpaired) electrons. The van der Waals surface area contributed by atoms with E-state index in [1.165, 1.54) is 9.75 Å². The van der Waals surface area contributed by atoms with E-state index in [0.29, 0.717) is 11.1 Å². The second-order valence-electron chi connectivity index (χ2n) is 10.0. The monoisotopic (exact) mass is 576 g/mol. The molecule has 6 aromatic rings. The van der Waals surface area contributed by atoms with Crippen molar-refractivity contribution in [2.45, 2.75) is 26.8 Å². The van der Waals surface area contributed by atoms with Crippen LogP contribution in [0.25, 0.3) is 42.9 Å². The maximum atomic E-state index is 13.5. The maximum Gasteiger partial charge on any atom is 0.252 e. The van der Waals surface area contributed by atoms with Crippen molar-refractivity contribution in [3.63, 3.8) is 0 Å². The molecule has 0 aliphatic rings. The molecule has 0 spiro atoms. The Morgan fingerprint density at radius 1 is 0.707 bits per heavy atom. The molecule has 4 aromatic heterocycles. The van der Waals surface area contributed by atoms with E-state index in [0.717, 1.165) is 42.9 Å². The zero-order chi connectivity index (χ0) is 28.5. The fourth-order valence-corrected chi connectivity index (χ4v) is 6.47. The summed E-state index contributed by atoms with van der Waals surface area (Å²) >= 11 is 3.30. The molecule has 4 heterocycles. The van der Waals surface area contributed by atoms with Gasteiger partial charge in [-0.05, 0) is 69.3 Å². The van der Waals surface area contributed by atoms with Gasteiger partial charge in [0.15, 0.2) is 0 Å². The van der Waals surface area contributed by atoms with E-state index in [4.69, 9.17) is 9.97 Å². The number of nitrogens with one attached hydrogen (secondary N) is 2. The highest BCUT2D eigenvalue weighted by molar-refractivity contribution is 7.15. The number of hydrogen-bond donors (Lipinski definition) is 2. The molecule has 8 heteroatoms. The maximum absolute atomic E-state index is 13.5. The zero-order valence-electron chi connectivity index (χ0n) is 22.9. The second kappa shape index (κ2) is 11.2. The molecular formula is C33H28N4O2S2. The van der Waals surface area contributed by atoms with Gasteiger partial charge in [0.1, 0.15) is 0 Å². The molecule has 0 unspecified atom stereocenters. The third kappa shape index (κ3) is 5.62. The summed E-state index contributed by atoms with van der Waals surface area (Å²) in [5.41, 5.74) is 4.20. The van der Waals surface area contributed by atoms with E-state index >= 15 is 0 Å². The smallest absolute Gasteiger partial charge is 0.252 e. The molecule has 6 rings (SSSR count). The van der Waals surface area contributed by atoms with Gasteiger partial charge >= 0.3 is 0 Å². The highest BCUT2D eigenvalue weighted by atomic mass is 32.1. The van der Waals surface area contributed by atoms with Crippen molar-refractivity contribution in [1.82, 2.24) is 20.6 Å². The standard InChI is InChI=1S/C33H28N4O2S2/c1-19(35-33(39)25-17-29(31-15-13-21(3)41-31)37-27-11-7-5-9-23(25)27)18-34-32(38)24-16-28(30-14-12-20(2)40-30)36-26-10-6-4-8-22(24)26/h4-17,19H,18H2,1-3H3,(H,34,38)(H,35,39)/t19-/m0/s1. The predicted molar refractivity (Wildman–Crippen MR) is 169 cm³/mol. The van der Waals surface area contributed by atoms with Crippen LogP contribution < -0.4 is 10.6 Å². The molecule has 2 N–H and O–H groups in total. The Morgan fingerprint density at radius 3 is 1.68 bits per heavy atom. The average molecular weight is 577 g/mol. The Hall–Kier alpha value is -4.40. The third-order valence-corrected chi connectivity index (χ3v) is 8.90. The number of fused-ring (bicyclic) bond motifs is 2. The highest BCUT2D eigenvalue weighted by Gasteiger charge is 2.19. The van der Waals surface area contributed by atoms with Gasteiger partial charge in [-0.25, -0.2) is 9.97 Å². The van der Waals surface area contributed by atoms with Gasteiger partial charge < -0.3 is 10.6 Å². The summed E-state index contributed by atoms with van der Waals surface area (Å²) in [6.07, 6.45) is 0. The molecule has 204 valence electrons. The minimum Gasteiger partial charge on any atom is -0.350 e. The molecule has 6 nitrogen and oxygen atoms in total. The minimum absolute atomic E-state index is 0.204. The van der Waals surface area contributed by atoms with E-state index in [-0.39, 0.29) is 24.4 Å². The number of aryl methyl sites for hydroxylation is 2. The van der Waals surface area contributed by atoms with E-state index in [9.17, 15) is 9.59 Å². The SMILES string of the molecule is Cc1ccc(-c2cc(C(=O)NC[C@H](C)NC(=O)c3cc(-c4ccc(C)s4)nc4ccccc34)c3ccccc3n2)s1. The number of amides is 2. The number of rotatable bonds is 7. The first-order valence-electron chi connectivity index (χ1n) is 13.4. The molecule has 1 atom stereocenters. The number of nitrogens with zero attached hydrogens (tertiary/aromatic N) is 2. The van der Waals surface area contributed by atoms with Gasteiger partial charge in [0.05, 0.1) is 43.3 Å². The van der Waals surface area contributed by atoms with Gasteiger partial charge in [-0.1, -0.05) is 36.4 Å². The van der Waals surface area contributed by atoms with Crippen LogP contribution in [0.3, 0.4) is 0 Å². The number of carbonyl (C=O) groups excluding carboxylic acids is 2. The zero-order valence-corrected chi connectivity index (χ0v) is 24.5. The van der Waals surface area contributed by atoms with Crippen LogP contribution in [0.4, 0.5) is 0 Å². The summed E-state index contributed by atoms with van der Waals surface area (Å²) in [6, 6.07) is 26.9. The Morgan fingerprint density at radius 2 is 1.20 bits per heavy atom. The van der Waals surface area contributed by atoms with Crippen LogP contribution in [-0.4, -0.2) is 34.4 Å². The van der Waals surface area contributed by atoms with E-state index in [1.807, 2.05) is 79.7 Å². The molecule has 0 saturated carbocycles. The fourth-order valence-electron chi connectivity index (χ4n) is 4.82. The molecule has 0 aliphatic carbocycles. The molecule has 2 aromatic carbocycles. The van der Waals surface area contributed by atoms with E-state index < -0.39 is 0 Å². The number of carbonyl (C=O) groups is 2. The predicted octanol–water partition coefficient (Wildman–Crippen LogP) is 7.41. The summed E-state index contributed by atoms with van der Waals surface area (Å²) in [6.45, 7) is 6.26. The molecule has 0 fully saturated rings. The number of hydrogen-bond acceptors (Lipinski definition) is 6. The van der Waals surface area contributed by atoms with Gasteiger partial charge in [-0.15, -0.1) is 22.7 Å². The first-order valence-corrected chi connectivity index (χ1v) is 15.0. The number of thiophene rings is 2. The first kappa shape index (κ1) is 26.8. The number of para-hydroxylation sites is 2. The number of pyridine rings is 2. The van der Waals surface area contributed by atoms with Crippen molar-refractivity contribution in [3.05, 3.63) is 106 Å². The van der Waals surface area contributed by atoms with Crippen molar-refractivity contribution in [2.24, 2.45) is 0 Å². The lowest BCUT2D eigenvalue weighted by Crippen LogP contribution is -2.42.